The molecule has 27 heavy (non-hydrogen) atoms. The minimum atomic E-state index is -0.158. The maximum absolute atomic E-state index is 12.3. The summed E-state index contributed by atoms with van der Waals surface area (Å²) in [5, 5.41) is 2.89. The highest BCUT2D eigenvalue weighted by atomic mass is 16.5. The fourth-order valence-corrected chi connectivity index (χ4v) is 3.27. The number of piperazine rings is 1. The predicted octanol–water partition coefficient (Wildman–Crippen LogP) is 3.12. The molecule has 0 radical (unpaired) electrons. The second-order valence-electron chi connectivity index (χ2n) is 7.27. The van der Waals surface area contributed by atoms with Crippen molar-refractivity contribution in [2.75, 3.05) is 50.1 Å². The molecule has 1 amide bonds. The van der Waals surface area contributed by atoms with Gasteiger partial charge in [-0.05, 0) is 42.3 Å². The zero-order valence-corrected chi connectivity index (χ0v) is 16.3. The Labute approximate surface area is 161 Å². The summed E-state index contributed by atoms with van der Waals surface area (Å²) in [5.74, 6) is 2.23. The monoisotopic (exact) mass is 368 g/mol. The van der Waals surface area contributed by atoms with Gasteiger partial charge in [0.25, 0.3) is 5.91 Å². The summed E-state index contributed by atoms with van der Waals surface area (Å²) in [5.41, 5.74) is 1.28. The molecule has 0 aliphatic carbocycles. The van der Waals surface area contributed by atoms with Crippen molar-refractivity contribution in [2.24, 2.45) is 5.92 Å². The summed E-state index contributed by atoms with van der Waals surface area (Å²) in [7, 11) is 1.60. The first-order valence-electron chi connectivity index (χ1n) is 9.44. The van der Waals surface area contributed by atoms with E-state index < -0.39 is 0 Å². The van der Waals surface area contributed by atoms with Gasteiger partial charge in [-0.15, -0.1) is 0 Å². The topological polar surface area (TPSA) is 57.7 Å². The largest absolute Gasteiger partial charge is 0.497 e. The van der Waals surface area contributed by atoms with Gasteiger partial charge >= 0.3 is 0 Å². The van der Waals surface area contributed by atoms with Gasteiger partial charge in [-0.25, -0.2) is 4.98 Å². The molecule has 0 spiro atoms. The van der Waals surface area contributed by atoms with Crippen molar-refractivity contribution < 1.29 is 9.53 Å². The second kappa shape index (κ2) is 8.86. The van der Waals surface area contributed by atoms with Crippen molar-refractivity contribution >= 4 is 17.4 Å². The average Bonchev–Trinajstić information content (AvgIpc) is 2.69. The van der Waals surface area contributed by atoms with Gasteiger partial charge in [-0.1, -0.05) is 13.8 Å². The third-order valence-corrected chi connectivity index (χ3v) is 4.68. The van der Waals surface area contributed by atoms with E-state index in [4.69, 9.17) is 4.74 Å². The highest BCUT2D eigenvalue weighted by Crippen LogP contribution is 2.18. The van der Waals surface area contributed by atoms with Crippen LogP contribution in [0.4, 0.5) is 11.5 Å². The zero-order valence-electron chi connectivity index (χ0n) is 16.3. The maximum atomic E-state index is 12.3. The first-order chi connectivity index (χ1) is 13.0. The number of nitrogens with zero attached hydrogens (tertiary/aromatic N) is 3. The maximum Gasteiger partial charge on any atom is 0.255 e. The van der Waals surface area contributed by atoms with Crippen LogP contribution < -0.4 is 15.0 Å². The molecule has 1 aliphatic rings. The number of anilines is 2. The third kappa shape index (κ3) is 5.20. The van der Waals surface area contributed by atoms with Crippen molar-refractivity contribution in [3.8, 4) is 5.75 Å². The van der Waals surface area contributed by atoms with Crippen LogP contribution in [0.3, 0.4) is 0 Å². The number of amides is 1. The predicted molar refractivity (Wildman–Crippen MR) is 109 cm³/mol. The lowest BCUT2D eigenvalue weighted by atomic mass is 10.2. The number of hydrogen-bond acceptors (Lipinski definition) is 5. The number of carbonyl (C=O) groups is 1. The van der Waals surface area contributed by atoms with Crippen molar-refractivity contribution in [3.63, 3.8) is 0 Å². The van der Waals surface area contributed by atoms with Crippen molar-refractivity contribution in [3.05, 3.63) is 48.2 Å². The number of methoxy groups -OCH3 is 1. The van der Waals surface area contributed by atoms with E-state index in [1.54, 1.807) is 37.6 Å². The van der Waals surface area contributed by atoms with Gasteiger partial charge in [-0.2, -0.15) is 0 Å². The highest BCUT2D eigenvalue weighted by molar-refractivity contribution is 6.04. The van der Waals surface area contributed by atoms with Gasteiger partial charge in [0, 0.05) is 38.3 Å². The molecule has 1 aromatic carbocycles. The Balaban J connectivity index is 1.55. The number of carbonyl (C=O) groups excluding carboxylic acids is 1. The van der Waals surface area contributed by atoms with Crippen LogP contribution in [0.5, 0.6) is 5.75 Å². The number of rotatable bonds is 6. The first-order valence-corrected chi connectivity index (χ1v) is 9.44. The molecule has 144 valence electrons. The number of ether oxygens (including phenoxy) is 1. The Morgan fingerprint density at radius 3 is 2.37 bits per heavy atom. The molecule has 2 heterocycles. The number of hydrogen-bond donors (Lipinski definition) is 1. The lowest BCUT2D eigenvalue weighted by molar-refractivity contribution is 0.102. The Hall–Kier alpha value is -2.60. The van der Waals surface area contributed by atoms with Gasteiger partial charge in [0.2, 0.25) is 0 Å². The van der Waals surface area contributed by atoms with Crippen LogP contribution in [0.1, 0.15) is 24.2 Å². The molecular formula is C21H28N4O2. The molecule has 0 bridgehead atoms. The van der Waals surface area contributed by atoms with Gasteiger partial charge in [0.05, 0.1) is 19.0 Å². The van der Waals surface area contributed by atoms with Crippen molar-refractivity contribution in [2.45, 2.75) is 13.8 Å². The molecule has 0 unspecified atom stereocenters. The molecule has 0 atom stereocenters. The number of aromatic nitrogens is 1. The Bertz CT molecular complexity index is 736. The van der Waals surface area contributed by atoms with E-state index in [1.807, 2.05) is 12.1 Å². The standard InChI is InChI=1S/C21H28N4O2/c1-16(2)15-24-10-12-25(13-11-24)20-9-6-18(14-22-20)23-21(26)17-4-7-19(27-3)8-5-17/h4-9,14,16H,10-13,15H2,1-3H3,(H,23,26). The highest BCUT2D eigenvalue weighted by Gasteiger charge is 2.18. The molecule has 6 heteroatoms. The SMILES string of the molecule is COc1ccc(C(=O)Nc2ccc(N3CCN(CC(C)C)CC3)nc2)cc1. The first kappa shape index (κ1) is 19.2. The smallest absolute Gasteiger partial charge is 0.255 e. The fourth-order valence-electron chi connectivity index (χ4n) is 3.27. The Morgan fingerprint density at radius 2 is 1.81 bits per heavy atom. The molecule has 1 saturated heterocycles. The van der Waals surface area contributed by atoms with E-state index in [9.17, 15) is 4.79 Å². The molecule has 0 saturated carbocycles. The number of nitrogens with one attached hydrogen (secondary N) is 1. The molecule has 1 fully saturated rings. The molecular weight excluding hydrogens is 340 g/mol. The van der Waals surface area contributed by atoms with E-state index >= 15 is 0 Å². The summed E-state index contributed by atoms with van der Waals surface area (Å²) in [6, 6.07) is 10.9. The lowest BCUT2D eigenvalue weighted by Gasteiger charge is -2.36. The minimum Gasteiger partial charge on any atom is -0.497 e. The van der Waals surface area contributed by atoms with Crippen LogP contribution in [-0.4, -0.2) is 55.6 Å². The average molecular weight is 368 g/mol. The zero-order chi connectivity index (χ0) is 19.2. The molecule has 3 rings (SSSR count). The minimum absolute atomic E-state index is 0.158. The normalized spacial score (nSPS) is 15.0. The summed E-state index contributed by atoms with van der Waals surface area (Å²) < 4.78 is 5.11. The Kier molecular flexibility index (Phi) is 6.29. The number of benzene rings is 1. The van der Waals surface area contributed by atoms with E-state index in [0.29, 0.717) is 17.2 Å². The van der Waals surface area contributed by atoms with E-state index in [1.165, 1.54) is 0 Å². The van der Waals surface area contributed by atoms with E-state index in [2.05, 4.69) is 33.9 Å². The summed E-state index contributed by atoms with van der Waals surface area (Å²) in [6.07, 6.45) is 1.72. The lowest BCUT2D eigenvalue weighted by Crippen LogP contribution is -2.47. The van der Waals surface area contributed by atoms with Gasteiger partial charge in [0.1, 0.15) is 11.6 Å². The van der Waals surface area contributed by atoms with Crippen molar-refractivity contribution in [1.82, 2.24) is 9.88 Å². The molecule has 1 N–H and O–H groups in total. The molecule has 1 aliphatic heterocycles. The van der Waals surface area contributed by atoms with Crippen LogP contribution in [0.2, 0.25) is 0 Å². The molecule has 2 aromatic rings. The number of pyridine rings is 1. The van der Waals surface area contributed by atoms with Crippen LogP contribution in [0.15, 0.2) is 42.6 Å². The van der Waals surface area contributed by atoms with E-state index in [0.717, 1.165) is 44.3 Å². The van der Waals surface area contributed by atoms with Crippen LogP contribution in [-0.2, 0) is 0 Å². The second-order valence-corrected chi connectivity index (χ2v) is 7.27. The van der Waals surface area contributed by atoms with Crippen LogP contribution in [0, 0.1) is 5.92 Å². The van der Waals surface area contributed by atoms with Gasteiger partial charge in [0.15, 0.2) is 0 Å². The Morgan fingerprint density at radius 1 is 1.11 bits per heavy atom. The fraction of sp³-hybridized carbons (Fsp3) is 0.429. The molecule has 6 nitrogen and oxygen atoms in total. The third-order valence-electron chi connectivity index (χ3n) is 4.68. The van der Waals surface area contributed by atoms with Crippen LogP contribution in [0.25, 0.3) is 0 Å². The molecule has 1 aromatic heterocycles. The van der Waals surface area contributed by atoms with Gasteiger partial charge < -0.3 is 15.0 Å². The van der Waals surface area contributed by atoms with Crippen LogP contribution >= 0.6 is 0 Å². The summed E-state index contributed by atoms with van der Waals surface area (Å²) in [4.78, 5) is 21.7. The van der Waals surface area contributed by atoms with Gasteiger partial charge in [-0.3, -0.25) is 9.69 Å². The van der Waals surface area contributed by atoms with Crippen molar-refractivity contribution in [1.29, 1.82) is 0 Å². The quantitative estimate of drug-likeness (QED) is 0.849. The summed E-state index contributed by atoms with van der Waals surface area (Å²) in [6.45, 7) is 9.76. The summed E-state index contributed by atoms with van der Waals surface area (Å²) >= 11 is 0. The van der Waals surface area contributed by atoms with E-state index in [-0.39, 0.29) is 5.91 Å².